The lowest BCUT2D eigenvalue weighted by atomic mass is 9.34. The van der Waals surface area contributed by atoms with Crippen molar-refractivity contribution in [1.82, 2.24) is 0 Å². The zero-order chi connectivity index (χ0) is 30.4. The average molecular weight is 575 g/mol. The zero-order valence-electron chi connectivity index (χ0n) is 26.3. The molecule has 1 atom stereocenters. The van der Waals surface area contributed by atoms with Crippen molar-refractivity contribution < 1.29 is 18.8 Å². The Bertz CT molecular complexity index is 1460. The van der Waals surface area contributed by atoms with Crippen molar-refractivity contribution in [2.75, 3.05) is 21.3 Å². The van der Waals surface area contributed by atoms with Gasteiger partial charge in [-0.05, 0) is 67.0 Å². The van der Waals surface area contributed by atoms with Crippen LogP contribution in [-0.4, -0.2) is 28.0 Å². The van der Waals surface area contributed by atoms with Crippen LogP contribution in [0, 0.1) is 0 Å². The maximum absolute atomic E-state index is 5.40. The minimum Gasteiger partial charge on any atom is -0.497 e. The van der Waals surface area contributed by atoms with E-state index in [2.05, 4.69) is 134 Å². The van der Waals surface area contributed by atoms with Crippen LogP contribution in [0.1, 0.15) is 48.7 Å². The average Bonchev–Trinajstić information content (AvgIpc) is 3.06. The predicted octanol–water partition coefficient (Wildman–Crippen LogP) is 8.25. The van der Waals surface area contributed by atoms with Gasteiger partial charge in [0.15, 0.2) is 12.9 Å². The summed E-state index contributed by atoms with van der Waals surface area (Å²) in [7, 11) is 7.21. The van der Waals surface area contributed by atoms with Gasteiger partial charge in [-0.1, -0.05) is 91.4 Å². The number of rotatable bonds is 12. The molecule has 0 spiro atoms. The molecule has 0 fully saturated rings. The van der Waals surface area contributed by atoms with Crippen LogP contribution in [-0.2, 0) is 19.7 Å². The summed E-state index contributed by atoms with van der Waals surface area (Å²) in [6.45, 7) is 2.75. The number of unbranched alkanes of at least 4 members (excludes halogenated alkanes) is 1. The van der Waals surface area contributed by atoms with E-state index in [1.165, 1.54) is 46.9 Å². The largest absolute Gasteiger partial charge is 0.497 e. The molecule has 1 unspecified atom stereocenters. The Kier molecular flexibility index (Phi) is 12.1. The Hall–Kier alpha value is -4.25. The number of nitrogens with zero attached hydrogens (tertiary/aromatic N) is 1. The number of benzene rings is 4. The monoisotopic (exact) mass is 574 g/mol. The van der Waals surface area contributed by atoms with E-state index in [4.69, 9.17) is 14.2 Å². The van der Waals surface area contributed by atoms with E-state index < -0.39 is 0 Å². The van der Waals surface area contributed by atoms with Gasteiger partial charge >= 0.3 is 0 Å². The van der Waals surface area contributed by atoms with E-state index in [1.54, 1.807) is 21.3 Å². The topological polar surface area (TPSA) is 31.6 Å². The van der Waals surface area contributed by atoms with Gasteiger partial charge in [0.1, 0.15) is 24.3 Å². The van der Waals surface area contributed by atoms with Gasteiger partial charge in [-0.15, -0.1) is 0 Å². The molecule has 0 radical (unpaired) electrons. The first kappa shape index (κ1) is 31.7. The van der Waals surface area contributed by atoms with Crippen molar-refractivity contribution in [3.8, 4) is 17.2 Å². The lowest BCUT2D eigenvalue weighted by molar-refractivity contribution is -0.644. The molecule has 0 amide bonds. The fourth-order valence-corrected chi connectivity index (χ4v) is 5.74. The lowest BCUT2D eigenvalue weighted by Gasteiger charge is -2.26. The maximum Gasteiger partial charge on any atom is 0.212 e. The molecular weight excluding hydrogens is 529 g/mol. The summed E-state index contributed by atoms with van der Waals surface area (Å²) in [6, 6.07) is 38.3. The molecule has 0 saturated heterocycles. The second kappa shape index (κ2) is 16.4. The second-order valence-electron chi connectivity index (χ2n) is 11.1. The molecular formula is C38H45BNO3+. The van der Waals surface area contributed by atoms with Gasteiger partial charge < -0.3 is 14.2 Å². The fourth-order valence-electron chi connectivity index (χ4n) is 5.74. The van der Waals surface area contributed by atoms with Gasteiger partial charge in [0.2, 0.25) is 5.52 Å². The molecule has 0 aliphatic carbocycles. The first-order valence-corrected chi connectivity index (χ1v) is 15.3. The minimum atomic E-state index is 0.477. The number of pyridine rings is 1. The second-order valence-corrected chi connectivity index (χ2v) is 11.1. The van der Waals surface area contributed by atoms with E-state index in [1.807, 2.05) is 0 Å². The van der Waals surface area contributed by atoms with Crippen molar-refractivity contribution in [2.24, 2.45) is 7.05 Å². The highest BCUT2D eigenvalue weighted by Gasteiger charge is 2.27. The molecule has 0 aliphatic heterocycles. The first-order chi connectivity index (χ1) is 21.0. The number of aryl methyl sites for hydroxylation is 1. The summed E-state index contributed by atoms with van der Waals surface area (Å²) in [5, 5.41) is 1.29. The third kappa shape index (κ3) is 9.12. The summed E-state index contributed by atoms with van der Waals surface area (Å²) >= 11 is 0. The Morgan fingerprint density at radius 3 is 1.60 bits per heavy atom. The summed E-state index contributed by atoms with van der Waals surface area (Å²) < 4.78 is 18.2. The summed E-state index contributed by atoms with van der Waals surface area (Å²) in [4.78, 5) is 0. The smallest absolute Gasteiger partial charge is 0.212 e. The molecule has 5 aromatic rings. The SMILES string of the molecule is CCCCC(B(Cc1ccc(OC)cc1)Cc1ccc(OC)cc1)c1ccc(OC)cc1.C[n+]1cccc2ccccc21. The highest BCUT2D eigenvalue weighted by atomic mass is 16.5. The van der Waals surface area contributed by atoms with Crippen molar-refractivity contribution >= 4 is 17.6 Å². The predicted molar refractivity (Wildman–Crippen MR) is 180 cm³/mol. The number of ether oxygens (including phenoxy) is 3. The molecule has 0 bridgehead atoms. The number of fused-ring (bicyclic) bond motifs is 1. The van der Waals surface area contributed by atoms with E-state index in [-0.39, 0.29) is 0 Å². The highest BCUT2D eigenvalue weighted by Crippen LogP contribution is 2.31. The molecule has 0 aliphatic rings. The Morgan fingerprint density at radius 2 is 1.12 bits per heavy atom. The molecule has 0 saturated carbocycles. The number of para-hydroxylation sites is 1. The molecule has 4 aromatic carbocycles. The molecule has 5 rings (SSSR count). The number of aromatic nitrogens is 1. The van der Waals surface area contributed by atoms with Crippen LogP contribution < -0.4 is 18.8 Å². The van der Waals surface area contributed by atoms with E-state index in [0.29, 0.717) is 12.5 Å². The van der Waals surface area contributed by atoms with Crippen LogP contribution in [0.15, 0.2) is 115 Å². The Labute approximate surface area is 258 Å². The molecule has 1 aromatic heterocycles. The standard InChI is InChI=1S/C28H35BO3.C10H10N/c1-5-6-7-28(24-12-18-27(32-4)19-13-24)29(20-22-8-14-25(30-2)15-9-22)21-23-10-16-26(31-3)17-11-23;1-11-8-4-6-9-5-2-3-7-10(9)11/h8-19,28H,5-7,20-21H2,1-4H3;2-8H,1H3/q;+1. The summed E-state index contributed by atoms with van der Waals surface area (Å²) in [5.41, 5.74) is 5.36. The van der Waals surface area contributed by atoms with E-state index in [0.717, 1.165) is 29.9 Å². The minimum absolute atomic E-state index is 0.477. The molecule has 0 N–H and O–H groups in total. The van der Waals surface area contributed by atoms with E-state index >= 15 is 0 Å². The fraction of sp³-hybridized carbons (Fsp3) is 0.289. The molecule has 1 heterocycles. The van der Waals surface area contributed by atoms with Crippen LogP contribution in [0.3, 0.4) is 0 Å². The van der Waals surface area contributed by atoms with Crippen LogP contribution in [0.4, 0.5) is 0 Å². The van der Waals surface area contributed by atoms with Crippen molar-refractivity contribution in [3.05, 3.63) is 132 Å². The summed E-state index contributed by atoms with van der Waals surface area (Å²) in [6.07, 6.45) is 7.71. The normalized spacial score (nSPS) is 11.3. The van der Waals surface area contributed by atoms with Crippen LogP contribution in [0.2, 0.25) is 0 Å². The maximum atomic E-state index is 5.40. The number of hydrogen-bond acceptors (Lipinski definition) is 3. The molecule has 4 nitrogen and oxygen atoms in total. The van der Waals surface area contributed by atoms with Gasteiger partial charge in [0.05, 0.1) is 21.3 Å². The third-order valence-corrected chi connectivity index (χ3v) is 8.20. The molecule has 5 heteroatoms. The van der Waals surface area contributed by atoms with Crippen molar-refractivity contribution in [3.63, 3.8) is 0 Å². The third-order valence-electron chi connectivity index (χ3n) is 8.20. The van der Waals surface area contributed by atoms with Gasteiger partial charge in [0, 0.05) is 17.5 Å². The highest BCUT2D eigenvalue weighted by molar-refractivity contribution is 6.59. The van der Waals surface area contributed by atoms with Crippen LogP contribution in [0.25, 0.3) is 10.9 Å². The van der Waals surface area contributed by atoms with Gasteiger partial charge in [-0.3, -0.25) is 0 Å². The van der Waals surface area contributed by atoms with Gasteiger partial charge in [-0.2, -0.15) is 0 Å². The number of methoxy groups -OCH3 is 3. The van der Waals surface area contributed by atoms with Crippen LogP contribution >= 0.6 is 0 Å². The molecule has 222 valence electrons. The van der Waals surface area contributed by atoms with Gasteiger partial charge in [-0.25, -0.2) is 4.57 Å². The van der Waals surface area contributed by atoms with E-state index in [9.17, 15) is 0 Å². The lowest BCUT2D eigenvalue weighted by Crippen LogP contribution is -2.30. The Morgan fingerprint density at radius 1 is 0.628 bits per heavy atom. The zero-order valence-corrected chi connectivity index (χ0v) is 26.3. The van der Waals surface area contributed by atoms with Crippen molar-refractivity contribution in [2.45, 2.75) is 44.6 Å². The summed E-state index contributed by atoms with van der Waals surface area (Å²) in [5.74, 6) is 3.19. The molecule has 43 heavy (non-hydrogen) atoms. The number of hydrogen-bond donors (Lipinski definition) is 0. The van der Waals surface area contributed by atoms with Crippen molar-refractivity contribution in [1.29, 1.82) is 0 Å². The Balaban J connectivity index is 0.000000319. The quantitative estimate of drug-likeness (QED) is 0.111. The van der Waals surface area contributed by atoms with Gasteiger partial charge in [0.25, 0.3) is 0 Å². The first-order valence-electron chi connectivity index (χ1n) is 15.3. The van der Waals surface area contributed by atoms with Crippen LogP contribution in [0.5, 0.6) is 17.2 Å².